The van der Waals surface area contributed by atoms with E-state index in [1.54, 1.807) is 6.07 Å². The molecule has 0 atom stereocenters. The van der Waals surface area contributed by atoms with E-state index in [4.69, 9.17) is 27.3 Å². The quantitative estimate of drug-likeness (QED) is 0.203. The molecule has 0 aliphatic heterocycles. The van der Waals surface area contributed by atoms with Crippen LogP contribution in [-0.4, -0.2) is 26.6 Å². The van der Waals surface area contributed by atoms with E-state index in [9.17, 15) is 0 Å². The van der Waals surface area contributed by atoms with E-state index < -0.39 is 0 Å². The smallest absolute Gasteiger partial charge is 0.140 e. The van der Waals surface area contributed by atoms with Gasteiger partial charge in [0.15, 0.2) is 0 Å². The number of H-pyrrole nitrogens is 2. The van der Waals surface area contributed by atoms with Crippen molar-refractivity contribution in [1.82, 2.24) is 15.0 Å². The number of rotatable bonds is 4. The van der Waals surface area contributed by atoms with Crippen LogP contribution >= 0.6 is 0 Å². The minimum Gasteiger partial charge on any atom is -0.384 e. The molecule has 0 aliphatic carbocycles. The monoisotopic (exact) mass is 393 g/mol. The van der Waals surface area contributed by atoms with Crippen LogP contribution in [0.3, 0.4) is 0 Å². The van der Waals surface area contributed by atoms with E-state index in [1.165, 1.54) is 0 Å². The Bertz CT molecular complexity index is 1440. The maximum Gasteiger partial charge on any atom is 0.140 e. The molecule has 8 N–H and O–H groups in total. The number of benzene rings is 3. The van der Waals surface area contributed by atoms with Crippen molar-refractivity contribution in [2.45, 2.75) is 0 Å². The van der Waals surface area contributed by atoms with Gasteiger partial charge in [0, 0.05) is 33.8 Å². The highest BCUT2D eigenvalue weighted by Crippen LogP contribution is 2.32. The van der Waals surface area contributed by atoms with E-state index in [-0.39, 0.29) is 11.7 Å². The first-order chi connectivity index (χ1) is 14.5. The lowest BCUT2D eigenvalue weighted by Gasteiger charge is -2.05. The molecule has 0 saturated carbocycles. The number of nitrogens with two attached hydrogens (primary N) is 2. The van der Waals surface area contributed by atoms with Crippen molar-refractivity contribution in [3.8, 4) is 22.5 Å². The second-order valence-corrected chi connectivity index (χ2v) is 7.18. The minimum atomic E-state index is 0.0283. The molecule has 2 heterocycles. The molecule has 0 bridgehead atoms. The fourth-order valence-corrected chi connectivity index (χ4v) is 3.64. The fraction of sp³-hybridized carbons (Fsp3) is 0. The number of aromatic amines is 2. The molecule has 7 nitrogen and oxygen atoms in total. The van der Waals surface area contributed by atoms with Crippen LogP contribution in [0.1, 0.15) is 11.1 Å². The number of nitrogen functional groups attached to an aromatic ring is 2. The van der Waals surface area contributed by atoms with Gasteiger partial charge in [0.25, 0.3) is 0 Å². The normalized spacial score (nSPS) is 11.2. The molecule has 0 radical (unpaired) electrons. The number of hydrogen-bond donors (Lipinski definition) is 6. The molecule has 0 spiro atoms. The third-order valence-corrected chi connectivity index (χ3v) is 5.26. The predicted molar refractivity (Wildman–Crippen MR) is 121 cm³/mol. The maximum atomic E-state index is 7.63. The van der Waals surface area contributed by atoms with Crippen molar-refractivity contribution in [3.05, 3.63) is 78.0 Å². The summed E-state index contributed by atoms with van der Waals surface area (Å²) in [6.45, 7) is 0. The molecular weight excluding hydrogens is 374 g/mol. The van der Waals surface area contributed by atoms with Crippen molar-refractivity contribution in [3.63, 3.8) is 0 Å². The molecule has 5 aromatic rings. The van der Waals surface area contributed by atoms with Gasteiger partial charge in [-0.05, 0) is 41.5 Å². The van der Waals surface area contributed by atoms with Gasteiger partial charge < -0.3 is 21.4 Å². The van der Waals surface area contributed by atoms with Crippen LogP contribution in [0.5, 0.6) is 0 Å². The minimum absolute atomic E-state index is 0.0283. The van der Waals surface area contributed by atoms with Gasteiger partial charge >= 0.3 is 0 Å². The van der Waals surface area contributed by atoms with Crippen LogP contribution < -0.4 is 11.5 Å². The number of nitrogens with zero attached hydrogens (tertiary/aromatic N) is 1. The summed E-state index contributed by atoms with van der Waals surface area (Å²) < 4.78 is 0. The number of nitrogens with one attached hydrogen (secondary N) is 4. The first-order valence-corrected chi connectivity index (χ1v) is 9.40. The Balaban J connectivity index is 1.60. The van der Waals surface area contributed by atoms with E-state index >= 15 is 0 Å². The summed E-state index contributed by atoms with van der Waals surface area (Å²) >= 11 is 0. The molecule has 0 amide bonds. The SMILES string of the molecule is N=C(N)c1ccc(-c2ccc3[nH]cc(-c4nc5ccc(C(=N)N)cc5[nH]4)c3c2)cc1. The topological polar surface area (TPSA) is 144 Å². The van der Waals surface area contributed by atoms with Gasteiger partial charge in [0.2, 0.25) is 0 Å². The van der Waals surface area contributed by atoms with Gasteiger partial charge in [0.05, 0.1) is 11.0 Å². The van der Waals surface area contributed by atoms with Crippen molar-refractivity contribution < 1.29 is 0 Å². The lowest BCUT2D eigenvalue weighted by molar-refractivity contribution is 1.34. The fourth-order valence-electron chi connectivity index (χ4n) is 3.64. The molecule has 146 valence electrons. The Hall–Kier alpha value is -4.39. The third-order valence-electron chi connectivity index (χ3n) is 5.26. The van der Waals surface area contributed by atoms with E-state index in [2.05, 4.69) is 22.1 Å². The lowest BCUT2D eigenvalue weighted by Crippen LogP contribution is -2.10. The van der Waals surface area contributed by atoms with E-state index in [0.29, 0.717) is 11.1 Å². The highest BCUT2D eigenvalue weighted by molar-refractivity contribution is 6.00. The summed E-state index contributed by atoms with van der Waals surface area (Å²) in [6.07, 6.45) is 1.94. The Kier molecular flexibility index (Phi) is 3.89. The van der Waals surface area contributed by atoms with Gasteiger partial charge in [-0.3, -0.25) is 10.8 Å². The Labute approximate surface area is 171 Å². The second kappa shape index (κ2) is 6.59. The standard InChI is InChI=1S/C23H19N7/c24-21(25)13-3-1-12(2-4-13)14-5-7-18-16(9-14)17(11-28-18)23-29-19-8-6-15(22(26)27)10-20(19)30-23/h1-11,28H,(H3,24,25)(H3,26,27)(H,29,30). The average Bonchev–Trinajstić information content (AvgIpc) is 3.36. The van der Waals surface area contributed by atoms with E-state index in [1.807, 2.05) is 48.7 Å². The van der Waals surface area contributed by atoms with Crippen LogP contribution in [0, 0.1) is 10.8 Å². The summed E-state index contributed by atoms with van der Waals surface area (Å²) in [4.78, 5) is 11.4. The number of fused-ring (bicyclic) bond motifs is 2. The second-order valence-electron chi connectivity index (χ2n) is 7.18. The van der Waals surface area contributed by atoms with Gasteiger partial charge in [0.1, 0.15) is 17.5 Å². The third kappa shape index (κ3) is 2.89. The Morgan fingerprint density at radius 3 is 2.20 bits per heavy atom. The summed E-state index contributed by atoms with van der Waals surface area (Å²) in [5, 5.41) is 16.2. The van der Waals surface area contributed by atoms with Crippen molar-refractivity contribution >= 4 is 33.6 Å². The highest BCUT2D eigenvalue weighted by Gasteiger charge is 2.13. The molecule has 30 heavy (non-hydrogen) atoms. The molecule has 3 aromatic carbocycles. The van der Waals surface area contributed by atoms with E-state index in [0.717, 1.165) is 44.5 Å². The highest BCUT2D eigenvalue weighted by atomic mass is 14.9. The van der Waals surface area contributed by atoms with Crippen LogP contribution in [0.25, 0.3) is 44.5 Å². The van der Waals surface area contributed by atoms with Crippen LogP contribution in [-0.2, 0) is 0 Å². The zero-order valence-electron chi connectivity index (χ0n) is 16.0. The first-order valence-electron chi connectivity index (χ1n) is 9.40. The summed E-state index contributed by atoms with van der Waals surface area (Å²) in [6, 6.07) is 19.4. The molecule has 0 unspecified atom stereocenters. The number of aromatic nitrogens is 3. The molecule has 0 aliphatic rings. The zero-order valence-corrected chi connectivity index (χ0v) is 16.0. The lowest BCUT2D eigenvalue weighted by atomic mass is 10.0. The van der Waals surface area contributed by atoms with Crippen LogP contribution in [0.15, 0.2) is 66.9 Å². The molecule has 0 fully saturated rings. The molecule has 0 saturated heterocycles. The number of hydrogen-bond acceptors (Lipinski definition) is 3. The predicted octanol–water partition coefficient (Wildman–Crippen LogP) is 3.95. The average molecular weight is 393 g/mol. The van der Waals surface area contributed by atoms with Crippen LogP contribution in [0.2, 0.25) is 0 Å². The molecular formula is C23H19N7. The maximum absolute atomic E-state index is 7.63. The largest absolute Gasteiger partial charge is 0.384 e. The molecule has 7 heteroatoms. The van der Waals surface area contributed by atoms with Crippen molar-refractivity contribution in [2.75, 3.05) is 0 Å². The zero-order chi connectivity index (χ0) is 20.8. The van der Waals surface area contributed by atoms with Gasteiger partial charge in [-0.1, -0.05) is 30.3 Å². The molecule has 5 rings (SSSR count). The van der Waals surface area contributed by atoms with Gasteiger partial charge in [-0.25, -0.2) is 4.98 Å². The summed E-state index contributed by atoms with van der Waals surface area (Å²) in [5.74, 6) is 0.837. The number of imidazole rings is 1. The summed E-state index contributed by atoms with van der Waals surface area (Å²) in [5.41, 5.74) is 18.3. The van der Waals surface area contributed by atoms with Gasteiger partial charge in [-0.2, -0.15) is 0 Å². The Morgan fingerprint density at radius 2 is 1.47 bits per heavy atom. The van der Waals surface area contributed by atoms with Crippen LogP contribution in [0.4, 0.5) is 0 Å². The first kappa shape index (κ1) is 17.7. The summed E-state index contributed by atoms with van der Waals surface area (Å²) in [7, 11) is 0. The van der Waals surface area contributed by atoms with Crippen molar-refractivity contribution in [1.29, 1.82) is 10.8 Å². The number of amidine groups is 2. The van der Waals surface area contributed by atoms with Gasteiger partial charge in [-0.15, -0.1) is 0 Å². The Morgan fingerprint density at radius 1 is 0.767 bits per heavy atom. The molecule has 2 aromatic heterocycles. The van der Waals surface area contributed by atoms with Crippen molar-refractivity contribution in [2.24, 2.45) is 11.5 Å².